The van der Waals surface area contributed by atoms with E-state index in [9.17, 15) is 19.8 Å². The van der Waals surface area contributed by atoms with Gasteiger partial charge in [-0.1, -0.05) is 24.3 Å². The summed E-state index contributed by atoms with van der Waals surface area (Å²) in [6.07, 6.45) is 1.49. The molecule has 0 aliphatic carbocycles. The highest BCUT2D eigenvalue weighted by Crippen LogP contribution is 2.41. The van der Waals surface area contributed by atoms with E-state index in [-0.39, 0.29) is 33.8 Å². The minimum absolute atomic E-state index is 0.194. The van der Waals surface area contributed by atoms with E-state index in [0.29, 0.717) is 16.5 Å². The maximum atomic E-state index is 13.0. The average Bonchev–Trinajstić information content (AvgIpc) is 3.18. The molecular formula is C23H16N2O6. The number of hydrogen-bond donors (Lipinski definition) is 2. The maximum Gasteiger partial charge on any atom is 0.344 e. The van der Waals surface area contributed by atoms with Crippen LogP contribution in [0.5, 0.6) is 11.5 Å². The van der Waals surface area contributed by atoms with E-state index in [0.717, 1.165) is 0 Å². The molecule has 0 radical (unpaired) electrons. The predicted octanol–water partition coefficient (Wildman–Crippen LogP) is 3.22. The summed E-state index contributed by atoms with van der Waals surface area (Å²) in [6, 6.07) is 14.6. The van der Waals surface area contributed by atoms with Crippen LogP contribution in [0.1, 0.15) is 22.7 Å². The summed E-state index contributed by atoms with van der Waals surface area (Å²) in [6.45, 7) is 0. The van der Waals surface area contributed by atoms with Crippen molar-refractivity contribution in [1.29, 1.82) is 0 Å². The highest BCUT2D eigenvalue weighted by molar-refractivity contribution is 5.86. The van der Waals surface area contributed by atoms with Gasteiger partial charge in [0.2, 0.25) is 0 Å². The van der Waals surface area contributed by atoms with Crippen LogP contribution in [0.15, 0.2) is 79.2 Å². The van der Waals surface area contributed by atoms with Crippen molar-refractivity contribution in [2.24, 2.45) is 7.05 Å². The lowest BCUT2D eigenvalue weighted by Crippen LogP contribution is -2.23. The molecule has 5 rings (SSSR count). The van der Waals surface area contributed by atoms with Gasteiger partial charge in [0.1, 0.15) is 22.7 Å². The fraction of sp³-hybridized carbons (Fsp3) is 0.0870. The molecule has 31 heavy (non-hydrogen) atoms. The van der Waals surface area contributed by atoms with Crippen molar-refractivity contribution in [3.8, 4) is 11.5 Å². The van der Waals surface area contributed by atoms with Gasteiger partial charge in [0, 0.05) is 13.2 Å². The summed E-state index contributed by atoms with van der Waals surface area (Å²) in [5.74, 6) is -1.87. The van der Waals surface area contributed by atoms with Crippen molar-refractivity contribution in [2.45, 2.75) is 5.92 Å². The van der Waals surface area contributed by atoms with Gasteiger partial charge in [-0.05, 0) is 30.3 Å². The molecule has 0 saturated carbocycles. The summed E-state index contributed by atoms with van der Waals surface area (Å²) in [4.78, 5) is 26.0. The van der Waals surface area contributed by atoms with Crippen LogP contribution in [0.3, 0.4) is 0 Å². The van der Waals surface area contributed by atoms with Gasteiger partial charge in [-0.15, -0.1) is 0 Å². The summed E-state index contributed by atoms with van der Waals surface area (Å²) in [7, 11) is 1.63. The molecule has 8 nitrogen and oxygen atoms in total. The normalized spacial score (nSPS) is 11.5. The highest BCUT2D eigenvalue weighted by atomic mass is 16.4. The fourth-order valence-electron chi connectivity index (χ4n) is 3.91. The van der Waals surface area contributed by atoms with Gasteiger partial charge < -0.3 is 19.0 Å². The average molecular weight is 416 g/mol. The molecule has 0 unspecified atom stereocenters. The lowest BCUT2D eigenvalue weighted by Gasteiger charge is -2.19. The van der Waals surface area contributed by atoms with Gasteiger partial charge in [0.15, 0.2) is 0 Å². The molecule has 3 heterocycles. The monoisotopic (exact) mass is 416 g/mol. The quantitative estimate of drug-likeness (QED) is 0.434. The second kappa shape index (κ2) is 6.88. The minimum atomic E-state index is -1.19. The van der Waals surface area contributed by atoms with Crippen LogP contribution in [-0.2, 0) is 7.05 Å². The molecule has 2 aromatic carbocycles. The van der Waals surface area contributed by atoms with Crippen molar-refractivity contribution in [3.05, 3.63) is 98.5 Å². The molecule has 0 aliphatic heterocycles. The number of fused-ring (bicyclic) bond motifs is 2. The summed E-state index contributed by atoms with van der Waals surface area (Å²) >= 11 is 0. The number of para-hydroxylation sites is 2. The van der Waals surface area contributed by atoms with Crippen LogP contribution < -0.4 is 11.3 Å². The summed E-state index contributed by atoms with van der Waals surface area (Å²) in [5, 5.41) is 26.8. The highest BCUT2D eigenvalue weighted by Gasteiger charge is 2.34. The van der Waals surface area contributed by atoms with Crippen LogP contribution in [0.25, 0.3) is 21.9 Å². The number of rotatable bonds is 3. The van der Waals surface area contributed by atoms with Crippen molar-refractivity contribution >= 4 is 21.9 Å². The smallest absolute Gasteiger partial charge is 0.344 e. The molecule has 0 spiro atoms. The largest absolute Gasteiger partial charge is 0.507 e. The number of aryl methyl sites for hydroxylation is 1. The third-order valence-electron chi connectivity index (χ3n) is 5.37. The molecular weight excluding hydrogens is 400 g/mol. The third-order valence-corrected chi connectivity index (χ3v) is 5.37. The first-order valence-corrected chi connectivity index (χ1v) is 9.44. The molecule has 0 fully saturated rings. The van der Waals surface area contributed by atoms with Crippen LogP contribution >= 0.6 is 0 Å². The molecule has 2 N–H and O–H groups in total. The Morgan fingerprint density at radius 2 is 1.29 bits per heavy atom. The van der Waals surface area contributed by atoms with Crippen LogP contribution in [0, 0.1) is 0 Å². The molecule has 0 amide bonds. The number of benzene rings is 2. The Balaban J connectivity index is 1.92. The first-order chi connectivity index (χ1) is 15.0. The van der Waals surface area contributed by atoms with Gasteiger partial charge in [-0.3, -0.25) is 4.68 Å². The van der Waals surface area contributed by atoms with Crippen LogP contribution in [0.4, 0.5) is 0 Å². The van der Waals surface area contributed by atoms with E-state index in [1.165, 1.54) is 10.9 Å². The van der Waals surface area contributed by atoms with E-state index in [4.69, 9.17) is 8.83 Å². The molecule has 0 saturated heterocycles. The Labute approximate surface area is 174 Å². The lowest BCUT2D eigenvalue weighted by atomic mass is 9.87. The van der Waals surface area contributed by atoms with Gasteiger partial charge in [-0.25, -0.2) is 9.59 Å². The Kier molecular flexibility index (Phi) is 4.14. The Morgan fingerprint density at radius 3 is 1.74 bits per heavy atom. The summed E-state index contributed by atoms with van der Waals surface area (Å²) < 4.78 is 12.3. The van der Waals surface area contributed by atoms with E-state index < -0.39 is 17.2 Å². The first-order valence-electron chi connectivity index (χ1n) is 9.44. The zero-order valence-corrected chi connectivity index (χ0v) is 16.3. The van der Waals surface area contributed by atoms with E-state index in [1.54, 1.807) is 61.6 Å². The molecule has 8 heteroatoms. The number of aromatic nitrogens is 2. The Hall–Kier alpha value is -4.33. The first kappa shape index (κ1) is 18.7. The van der Waals surface area contributed by atoms with Gasteiger partial charge in [0.25, 0.3) is 0 Å². The van der Waals surface area contributed by atoms with Crippen LogP contribution in [0.2, 0.25) is 0 Å². The van der Waals surface area contributed by atoms with Gasteiger partial charge >= 0.3 is 11.3 Å². The lowest BCUT2D eigenvalue weighted by molar-refractivity contribution is 0.439. The SMILES string of the molecule is Cn1nccc1C(c1c(O)c2ccccc2oc1=O)c1c(O)c2ccccc2oc1=O. The molecule has 154 valence electrons. The molecule has 0 atom stereocenters. The standard InChI is InChI=1S/C23H16N2O6/c1-25-14(10-11-24-25)17(18-20(26)12-6-2-4-8-15(12)30-22(18)28)19-21(27)13-7-3-5-9-16(13)31-23(19)29/h2-11,17,26-27H,1H3. The second-order valence-electron chi connectivity index (χ2n) is 7.11. The van der Waals surface area contributed by atoms with Crippen LogP contribution in [-0.4, -0.2) is 20.0 Å². The van der Waals surface area contributed by atoms with E-state index >= 15 is 0 Å². The molecule has 3 aromatic heterocycles. The van der Waals surface area contributed by atoms with Crippen molar-refractivity contribution in [3.63, 3.8) is 0 Å². The third kappa shape index (κ3) is 2.80. The van der Waals surface area contributed by atoms with Gasteiger partial charge in [-0.2, -0.15) is 5.10 Å². The zero-order chi connectivity index (χ0) is 21.7. The zero-order valence-electron chi connectivity index (χ0n) is 16.3. The molecule has 0 aliphatic rings. The van der Waals surface area contributed by atoms with E-state index in [2.05, 4.69) is 5.10 Å². The maximum absolute atomic E-state index is 13.0. The number of nitrogens with zero attached hydrogens (tertiary/aromatic N) is 2. The van der Waals surface area contributed by atoms with Crippen molar-refractivity contribution in [1.82, 2.24) is 9.78 Å². The van der Waals surface area contributed by atoms with Crippen molar-refractivity contribution in [2.75, 3.05) is 0 Å². The Morgan fingerprint density at radius 1 is 0.806 bits per heavy atom. The predicted molar refractivity (Wildman–Crippen MR) is 112 cm³/mol. The molecule has 0 bridgehead atoms. The number of aromatic hydroxyl groups is 2. The molecule has 5 aromatic rings. The topological polar surface area (TPSA) is 119 Å². The number of hydrogen-bond acceptors (Lipinski definition) is 7. The summed E-state index contributed by atoms with van der Waals surface area (Å²) in [5.41, 5.74) is -1.28. The Bertz CT molecular complexity index is 1480. The minimum Gasteiger partial charge on any atom is -0.507 e. The fourth-order valence-corrected chi connectivity index (χ4v) is 3.91. The second-order valence-corrected chi connectivity index (χ2v) is 7.11. The van der Waals surface area contributed by atoms with Gasteiger partial charge in [0.05, 0.1) is 33.5 Å². The van der Waals surface area contributed by atoms with Crippen molar-refractivity contribution < 1.29 is 19.0 Å². The van der Waals surface area contributed by atoms with E-state index in [1.807, 2.05) is 0 Å².